The van der Waals surface area contributed by atoms with Gasteiger partial charge in [-0.05, 0) is 30.3 Å². The number of benzene rings is 2. The predicted octanol–water partition coefficient (Wildman–Crippen LogP) is 2.92. The summed E-state index contributed by atoms with van der Waals surface area (Å²) < 4.78 is 39.1. The van der Waals surface area contributed by atoms with Crippen LogP contribution >= 0.6 is 0 Å². The Balaban J connectivity index is 1.89. The van der Waals surface area contributed by atoms with E-state index >= 15 is 0 Å². The number of anilines is 1. The molecule has 162 valence electrons. The number of imide groups is 1. The molecule has 31 heavy (non-hydrogen) atoms. The van der Waals surface area contributed by atoms with Gasteiger partial charge in [0.1, 0.15) is 6.04 Å². The Kier molecular flexibility index (Phi) is 6.09. The Morgan fingerprint density at radius 1 is 1.10 bits per heavy atom. The maximum atomic E-state index is 13.0. The van der Waals surface area contributed by atoms with Crippen LogP contribution in [0.15, 0.2) is 54.6 Å². The van der Waals surface area contributed by atoms with E-state index in [0.717, 1.165) is 17.1 Å². The van der Waals surface area contributed by atoms with Crippen LogP contribution in [-0.4, -0.2) is 34.7 Å². The van der Waals surface area contributed by atoms with E-state index in [1.165, 1.54) is 25.1 Å². The number of carbonyl (C=O) groups excluding carboxylic acids is 4. The topological polar surface area (TPSA) is 86.8 Å². The van der Waals surface area contributed by atoms with Crippen LogP contribution in [0.4, 0.5) is 18.9 Å². The van der Waals surface area contributed by atoms with Crippen LogP contribution in [0, 0.1) is 0 Å². The molecule has 4 amide bonds. The summed E-state index contributed by atoms with van der Waals surface area (Å²) in [5, 5.41) is 0.781. The van der Waals surface area contributed by atoms with Crippen molar-refractivity contribution < 1.29 is 32.3 Å². The molecule has 0 radical (unpaired) electrons. The molecule has 1 aliphatic rings. The largest absolute Gasteiger partial charge is 0.416 e. The highest BCUT2D eigenvalue weighted by Crippen LogP contribution is 2.33. The summed E-state index contributed by atoms with van der Waals surface area (Å²) in [6.07, 6.45) is -5.21. The van der Waals surface area contributed by atoms with Crippen LogP contribution in [0.25, 0.3) is 0 Å². The highest BCUT2D eigenvalue weighted by Gasteiger charge is 2.45. The number of halogens is 3. The zero-order valence-corrected chi connectivity index (χ0v) is 16.3. The second kappa shape index (κ2) is 8.58. The summed E-state index contributed by atoms with van der Waals surface area (Å²) in [5.74, 6) is -2.97. The summed E-state index contributed by atoms with van der Waals surface area (Å²) in [6.45, 7) is 1.51. The summed E-state index contributed by atoms with van der Waals surface area (Å²) >= 11 is 0. The van der Waals surface area contributed by atoms with Crippen molar-refractivity contribution in [3.05, 3.63) is 65.7 Å². The Bertz CT molecular complexity index is 1020. The van der Waals surface area contributed by atoms with Gasteiger partial charge in [-0.3, -0.25) is 24.6 Å². The molecule has 1 saturated heterocycles. The molecule has 2 aromatic rings. The molecule has 0 aromatic heterocycles. The van der Waals surface area contributed by atoms with E-state index in [-0.39, 0.29) is 17.7 Å². The molecule has 1 fully saturated rings. The van der Waals surface area contributed by atoms with Crippen molar-refractivity contribution >= 4 is 29.3 Å². The molecule has 2 aromatic carbocycles. The van der Waals surface area contributed by atoms with Crippen molar-refractivity contribution in [2.45, 2.75) is 32.0 Å². The molecular weight excluding hydrogens is 415 g/mol. The predicted molar refractivity (Wildman–Crippen MR) is 103 cm³/mol. The van der Waals surface area contributed by atoms with Gasteiger partial charge >= 0.3 is 6.18 Å². The third-order valence-electron chi connectivity index (χ3n) is 4.70. The molecular formula is C21H18F3N3O4. The minimum absolute atomic E-state index is 0.0728. The summed E-state index contributed by atoms with van der Waals surface area (Å²) in [5.41, 5.74) is 1.30. The van der Waals surface area contributed by atoms with E-state index in [4.69, 9.17) is 0 Å². The van der Waals surface area contributed by atoms with Gasteiger partial charge in [0.15, 0.2) is 0 Å². The van der Waals surface area contributed by atoms with Gasteiger partial charge in [-0.2, -0.15) is 13.2 Å². The number of alkyl halides is 3. The lowest BCUT2D eigenvalue weighted by Gasteiger charge is -2.27. The first-order valence-corrected chi connectivity index (χ1v) is 9.35. The SMILES string of the molecule is CCC(=O)N(NC(=O)c1ccccc1)C1CC(=O)N(c2cccc(C(F)(F)F)c2)C1=O. The molecule has 10 heteroatoms. The minimum atomic E-state index is -4.66. The van der Waals surface area contributed by atoms with E-state index in [0.29, 0.717) is 11.0 Å². The zero-order valence-electron chi connectivity index (χ0n) is 16.3. The quantitative estimate of drug-likeness (QED) is 0.594. The highest BCUT2D eigenvalue weighted by atomic mass is 19.4. The van der Waals surface area contributed by atoms with Crippen molar-refractivity contribution in [1.82, 2.24) is 10.4 Å². The molecule has 1 heterocycles. The van der Waals surface area contributed by atoms with Gasteiger partial charge < -0.3 is 0 Å². The van der Waals surface area contributed by atoms with Crippen molar-refractivity contribution in [3.63, 3.8) is 0 Å². The molecule has 1 unspecified atom stereocenters. The van der Waals surface area contributed by atoms with Gasteiger partial charge in [0.05, 0.1) is 17.7 Å². The average Bonchev–Trinajstić information content (AvgIpc) is 3.05. The molecule has 1 aliphatic heterocycles. The van der Waals surface area contributed by atoms with Crippen LogP contribution in [0.3, 0.4) is 0 Å². The molecule has 7 nitrogen and oxygen atoms in total. The molecule has 3 rings (SSSR count). The third-order valence-corrected chi connectivity index (χ3v) is 4.70. The fourth-order valence-corrected chi connectivity index (χ4v) is 3.16. The second-order valence-corrected chi connectivity index (χ2v) is 6.76. The van der Waals surface area contributed by atoms with E-state index < -0.39 is 47.8 Å². The maximum absolute atomic E-state index is 13.0. The molecule has 0 spiro atoms. The molecule has 0 aliphatic carbocycles. The zero-order chi connectivity index (χ0) is 22.8. The number of rotatable bonds is 4. The van der Waals surface area contributed by atoms with Gasteiger partial charge in [0.25, 0.3) is 11.8 Å². The number of amides is 4. The first-order valence-electron chi connectivity index (χ1n) is 9.35. The number of hydrogen-bond acceptors (Lipinski definition) is 4. The number of hydrazine groups is 1. The van der Waals surface area contributed by atoms with Gasteiger partial charge in [0.2, 0.25) is 11.8 Å². The number of nitrogens with zero attached hydrogens (tertiary/aromatic N) is 2. The van der Waals surface area contributed by atoms with Crippen LogP contribution in [0.2, 0.25) is 0 Å². The summed E-state index contributed by atoms with van der Waals surface area (Å²) in [4.78, 5) is 51.0. The standard InChI is InChI=1S/C21H18F3N3O4/c1-2-17(28)27(25-19(30)13-7-4-3-5-8-13)16-12-18(29)26(20(16)31)15-10-6-9-14(11-15)21(22,23)24/h3-11,16H,2,12H2,1H3,(H,25,30). The molecule has 1 atom stereocenters. The average molecular weight is 433 g/mol. The van der Waals surface area contributed by atoms with Crippen LogP contribution in [-0.2, 0) is 20.6 Å². The lowest BCUT2D eigenvalue weighted by Crippen LogP contribution is -2.54. The molecule has 1 N–H and O–H groups in total. The lowest BCUT2D eigenvalue weighted by atomic mass is 10.2. The Morgan fingerprint density at radius 3 is 2.39 bits per heavy atom. The van der Waals surface area contributed by atoms with Crippen LogP contribution in [0.5, 0.6) is 0 Å². The Labute approximate surface area is 175 Å². The van der Waals surface area contributed by atoms with Crippen molar-refractivity contribution in [3.8, 4) is 0 Å². The van der Waals surface area contributed by atoms with Crippen molar-refractivity contribution in [2.75, 3.05) is 4.90 Å². The Hall–Kier alpha value is -3.69. The van der Waals surface area contributed by atoms with Crippen molar-refractivity contribution in [1.29, 1.82) is 0 Å². The van der Waals surface area contributed by atoms with Gasteiger partial charge in [-0.15, -0.1) is 0 Å². The van der Waals surface area contributed by atoms with Gasteiger partial charge in [-0.1, -0.05) is 31.2 Å². The summed E-state index contributed by atoms with van der Waals surface area (Å²) in [6, 6.07) is 10.3. The summed E-state index contributed by atoms with van der Waals surface area (Å²) in [7, 11) is 0. The highest BCUT2D eigenvalue weighted by molar-refractivity contribution is 6.23. The normalized spacial score (nSPS) is 16.4. The second-order valence-electron chi connectivity index (χ2n) is 6.76. The maximum Gasteiger partial charge on any atom is 0.416 e. The van der Waals surface area contributed by atoms with E-state index in [1.54, 1.807) is 18.2 Å². The van der Waals surface area contributed by atoms with Crippen LogP contribution in [0.1, 0.15) is 35.7 Å². The minimum Gasteiger partial charge on any atom is -0.274 e. The fraction of sp³-hybridized carbons (Fsp3) is 0.238. The monoisotopic (exact) mass is 433 g/mol. The third kappa shape index (κ3) is 4.57. The molecule has 0 saturated carbocycles. The number of nitrogens with one attached hydrogen (secondary N) is 1. The lowest BCUT2D eigenvalue weighted by molar-refractivity contribution is -0.140. The van der Waals surface area contributed by atoms with Crippen molar-refractivity contribution in [2.24, 2.45) is 0 Å². The first kappa shape index (κ1) is 22.0. The molecule has 0 bridgehead atoms. The Morgan fingerprint density at radius 2 is 1.77 bits per heavy atom. The van der Waals surface area contributed by atoms with E-state index in [1.807, 2.05) is 0 Å². The van der Waals surface area contributed by atoms with E-state index in [9.17, 15) is 32.3 Å². The number of carbonyl (C=O) groups is 4. The van der Waals surface area contributed by atoms with Gasteiger partial charge in [0, 0.05) is 12.0 Å². The van der Waals surface area contributed by atoms with E-state index in [2.05, 4.69) is 5.43 Å². The van der Waals surface area contributed by atoms with Gasteiger partial charge in [-0.25, -0.2) is 9.91 Å². The number of hydrogen-bond donors (Lipinski definition) is 1. The van der Waals surface area contributed by atoms with Crippen LogP contribution < -0.4 is 10.3 Å². The first-order chi connectivity index (χ1) is 14.6. The smallest absolute Gasteiger partial charge is 0.274 e. The fourth-order valence-electron chi connectivity index (χ4n) is 3.16.